The second kappa shape index (κ2) is 9.91. The number of aromatic nitrogens is 4. The number of carbonyl (C=O) groups is 1. The molecule has 3 N–H and O–H groups in total. The van der Waals surface area contributed by atoms with Crippen LogP contribution in [-0.4, -0.2) is 53.7 Å². The number of pyridine rings is 1. The molecule has 35 heavy (non-hydrogen) atoms. The van der Waals surface area contributed by atoms with Crippen LogP contribution in [0.25, 0.3) is 5.65 Å². The van der Waals surface area contributed by atoms with E-state index in [0.29, 0.717) is 25.2 Å². The minimum atomic E-state index is -0.213. The van der Waals surface area contributed by atoms with E-state index in [-0.39, 0.29) is 29.7 Å². The number of phenolic OH excluding ortho intramolecular Hbond substituents is 2. The largest absolute Gasteiger partial charge is 0.504 e. The molecule has 1 amide bonds. The predicted octanol–water partition coefficient (Wildman–Crippen LogP) is 3.86. The molecule has 0 saturated carbocycles. The smallest absolute Gasteiger partial charge is 0.226 e. The molecule has 1 fully saturated rings. The van der Waals surface area contributed by atoms with Gasteiger partial charge in [-0.1, -0.05) is 12.1 Å². The summed E-state index contributed by atoms with van der Waals surface area (Å²) in [5.74, 6) is 0.682. The highest BCUT2D eigenvalue weighted by Gasteiger charge is 2.26. The van der Waals surface area contributed by atoms with Gasteiger partial charge in [0.05, 0.1) is 17.1 Å². The molecule has 0 bridgehead atoms. The number of amides is 1. The third-order valence-electron chi connectivity index (χ3n) is 6.31. The van der Waals surface area contributed by atoms with Crippen LogP contribution < -0.4 is 5.32 Å². The Kier molecular flexibility index (Phi) is 6.54. The van der Waals surface area contributed by atoms with Gasteiger partial charge in [0.15, 0.2) is 17.1 Å². The molecule has 1 aliphatic heterocycles. The van der Waals surface area contributed by atoms with E-state index < -0.39 is 0 Å². The first-order chi connectivity index (χ1) is 17.0. The number of aromatic hydroxyl groups is 2. The summed E-state index contributed by atoms with van der Waals surface area (Å²) in [6.45, 7) is 1.89. The van der Waals surface area contributed by atoms with Crippen molar-refractivity contribution in [1.29, 1.82) is 0 Å². The lowest BCUT2D eigenvalue weighted by Gasteiger charge is -2.32. The Labute approximate surface area is 210 Å². The van der Waals surface area contributed by atoms with Crippen LogP contribution in [0.4, 0.5) is 5.82 Å². The van der Waals surface area contributed by atoms with Crippen molar-refractivity contribution < 1.29 is 15.0 Å². The zero-order valence-electron chi connectivity index (χ0n) is 18.9. The number of phenols is 2. The molecule has 0 aliphatic carbocycles. The Morgan fingerprint density at radius 1 is 1.09 bits per heavy atom. The molecule has 1 aromatic carbocycles. The van der Waals surface area contributed by atoms with Crippen molar-refractivity contribution in [1.82, 2.24) is 24.5 Å². The zero-order valence-corrected chi connectivity index (χ0v) is 20.5. The van der Waals surface area contributed by atoms with Crippen LogP contribution in [0.2, 0.25) is 0 Å². The van der Waals surface area contributed by atoms with Crippen molar-refractivity contribution in [3.8, 4) is 11.5 Å². The van der Waals surface area contributed by atoms with Gasteiger partial charge in [0, 0.05) is 49.7 Å². The monoisotopic (exact) mass is 536 g/mol. The molecule has 0 atom stereocenters. The number of rotatable bonds is 6. The maximum absolute atomic E-state index is 12.8. The molecular weight excluding hydrogens is 512 g/mol. The van der Waals surface area contributed by atoms with Crippen molar-refractivity contribution >= 4 is 33.3 Å². The fourth-order valence-electron chi connectivity index (χ4n) is 4.38. The number of benzene rings is 1. The number of fused-ring (bicyclic) bond motifs is 1. The third-order valence-corrected chi connectivity index (χ3v) is 6.87. The van der Waals surface area contributed by atoms with Crippen LogP contribution in [0.3, 0.4) is 0 Å². The van der Waals surface area contributed by atoms with Gasteiger partial charge < -0.3 is 20.4 Å². The summed E-state index contributed by atoms with van der Waals surface area (Å²) in [7, 11) is 0. The Morgan fingerprint density at radius 3 is 2.66 bits per heavy atom. The van der Waals surface area contributed by atoms with Crippen LogP contribution in [0.15, 0.2) is 59.5 Å². The van der Waals surface area contributed by atoms with E-state index in [4.69, 9.17) is 4.98 Å². The van der Waals surface area contributed by atoms with Gasteiger partial charge in [-0.05, 0) is 58.1 Å². The summed E-state index contributed by atoms with van der Waals surface area (Å²) in [6.07, 6.45) is 7.13. The highest BCUT2D eigenvalue weighted by Crippen LogP contribution is 2.31. The van der Waals surface area contributed by atoms with E-state index in [2.05, 4.69) is 31.3 Å². The number of piperidine rings is 1. The number of nitrogens with one attached hydrogen (secondary N) is 1. The molecule has 1 aliphatic rings. The maximum Gasteiger partial charge on any atom is 0.226 e. The quantitative estimate of drug-likeness (QED) is 0.320. The standard InChI is InChI=1S/C25H25BrN6O3/c26-19-15-29-32-23(28-14-17-2-1-7-27-13-17)12-20(30-25(19)32)18-5-8-31(9-6-18)24(35)11-16-3-4-21(33)22(34)10-16/h1-4,7,10,12-13,15,18,28,33-34H,5-6,8-9,11,14H2. The van der Waals surface area contributed by atoms with Crippen molar-refractivity contribution in [3.05, 3.63) is 76.3 Å². The minimum Gasteiger partial charge on any atom is -0.504 e. The van der Waals surface area contributed by atoms with Gasteiger partial charge >= 0.3 is 0 Å². The first-order valence-corrected chi connectivity index (χ1v) is 12.2. The van der Waals surface area contributed by atoms with E-state index in [1.807, 2.05) is 29.3 Å². The van der Waals surface area contributed by atoms with E-state index in [9.17, 15) is 15.0 Å². The molecule has 4 heterocycles. The van der Waals surface area contributed by atoms with Crippen LogP contribution in [0, 0.1) is 0 Å². The lowest BCUT2D eigenvalue weighted by Crippen LogP contribution is -2.39. The zero-order chi connectivity index (χ0) is 24.4. The summed E-state index contributed by atoms with van der Waals surface area (Å²) < 4.78 is 2.61. The Balaban J connectivity index is 1.28. The summed E-state index contributed by atoms with van der Waals surface area (Å²) in [5.41, 5.74) is 3.47. The van der Waals surface area contributed by atoms with Crippen molar-refractivity contribution in [3.63, 3.8) is 0 Å². The molecule has 0 unspecified atom stereocenters. The highest BCUT2D eigenvalue weighted by molar-refractivity contribution is 9.10. The van der Waals surface area contributed by atoms with Gasteiger partial charge in [-0.3, -0.25) is 9.78 Å². The van der Waals surface area contributed by atoms with E-state index in [0.717, 1.165) is 40.0 Å². The minimum absolute atomic E-state index is 0.00862. The van der Waals surface area contributed by atoms with Gasteiger partial charge in [0.2, 0.25) is 5.91 Å². The fraction of sp³-hybridized carbons (Fsp3) is 0.280. The molecule has 180 valence electrons. The lowest BCUT2D eigenvalue weighted by molar-refractivity contribution is -0.131. The third kappa shape index (κ3) is 5.07. The number of carbonyl (C=O) groups excluding carboxylic acids is 1. The van der Waals surface area contributed by atoms with Crippen LogP contribution in [0.5, 0.6) is 11.5 Å². The normalized spacial score (nSPS) is 14.4. The SMILES string of the molecule is O=C(Cc1ccc(O)c(O)c1)N1CCC(c2cc(NCc3cccnc3)n3ncc(Br)c3n2)CC1. The van der Waals surface area contributed by atoms with Gasteiger partial charge in [-0.2, -0.15) is 9.61 Å². The van der Waals surface area contributed by atoms with Gasteiger partial charge in [-0.25, -0.2) is 4.98 Å². The van der Waals surface area contributed by atoms with E-state index in [1.165, 1.54) is 12.1 Å². The summed E-state index contributed by atoms with van der Waals surface area (Å²) in [5, 5.41) is 27.1. The molecule has 0 spiro atoms. The second-order valence-electron chi connectivity index (χ2n) is 8.66. The summed E-state index contributed by atoms with van der Waals surface area (Å²) in [4.78, 5) is 23.7. The molecule has 9 nitrogen and oxygen atoms in total. The Bertz CT molecular complexity index is 1350. The molecule has 0 radical (unpaired) electrons. The number of hydrogen-bond acceptors (Lipinski definition) is 7. The fourth-order valence-corrected chi connectivity index (χ4v) is 4.72. The van der Waals surface area contributed by atoms with Gasteiger partial charge in [-0.15, -0.1) is 0 Å². The lowest BCUT2D eigenvalue weighted by atomic mass is 9.92. The predicted molar refractivity (Wildman–Crippen MR) is 134 cm³/mol. The van der Waals surface area contributed by atoms with Gasteiger partial charge in [0.25, 0.3) is 0 Å². The van der Waals surface area contributed by atoms with E-state index in [1.54, 1.807) is 23.0 Å². The van der Waals surface area contributed by atoms with Crippen molar-refractivity contribution in [2.45, 2.75) is 31.7 Å². The summed E-state index contributed by atoms with van der Waals surface area (Å²) >= 11 is 3.55. The second-order valence-corrected chi connectivity index (χ2v) is 9.52. The van der Waals surface area contributed by atoms with Crippen molar-refractivity contribution in [2.24, 2.45) is 0 Å². The Morgan fingerprint density at radius 2 is 1.91 bits per heavy atom. The first kappa shape index (κ1) is 23.1. The summed E-state index contributed by atoms with van der Waals surface area (Å²) in [6, 6.07) is 10.5. The average Bonchev–Trinajstić information content (AvgIpc) is 3.26. The average molecular weight is 537 g/mol. The Hall–Kier alpha value is -3.66. The molecule has 3 aromatic heterocycles. The number of anilines is 1. The number of likely N-dealkylation sites (tertiary alicyclic amines) is 1. The topological polar surface area (TPSA) is 116 Å². The molecule has 5 rings (SSSR count). The molecule has 4 aromatic rings. The molecular formula is C25H25BrN6O3. The highest BCUT2D eigenvalue weighted by atomic mass is 79.9. The number of halogens is 1. The maximum atomic E-state index is 12.8. The van der Waals surface area contributed by atoms with Crippen LogP contribution >= 0.6 is 15.9 Å². The van der Waals surface area contributed by atoms with Crippen molar-refractivity contribution in [2.75, 3.05) is 18.4 Å². The van der Waals surface area contributed by atoms with Crippen LogP contribution in [-0.2, 0) is 17.8 Å². The first-order valence-electron chi connectivity index (χ1n) is 11.4. The molecule has 1 saturated heterocycles. The molecule has 10 heteroatoms. The number of hydrogen-bond donors (Lipinski definition) is 3. The van der Waals surface area contributed by atoms with Crippen LogP contribution in [0.1, 0.15) is 35.6 Å². The van der Waals surface area contributed by atoms with E-state index >= 15 is 0 Å². The van der Waals surface area contributed by atoms with Gasteiger partial charge in [0.1, 0.15) is 5.82 Å². The number of nitrogens with zero attached hydrogens (tertiary/aromatic N) is 5.